The zero-order valence-electron chi connectivity index (χ0n) is 16.9. The van der Waals surface area contributed by atoms with Crippen molar-refractivity contribution in [2.45, 2.75) is 48.8 Å². The summed E-state index contributed by atoms with van der Waals surface area (Å²) >= 11 is 5.97. The smallest absolute Gasteiger partial charge is 0.242 e. The van der Waals surface area contributed by atoms with Gasteiger partial charge in [-0.2, -0.15) is 0 Å². The summed E-state index contributed by atoms with van der Waals surface area (Å²) < 4.78 is 33.3. The Morgan fingerprint density at radius 3 is 2.74 bits per heavy atom. The van der Waals surface area contributed by atoms with Crippen LogP contribution in [0.1, 0.15) is 24.8 Å². The number of aliphatic hydroxyl groups is 1. The fourth-order valence-electron chi connectivity index (χ4n) is 3.55. The number of aromatic nitrogens is 1. The number of rotatable bonds is 9. The average molecular weight is 468 g/mol. The monoisotopic (exact) mass is 467 g/mol. The molecular formula is C21H26ClN3O5S. The first-order chi connectivity index (χ1) is 14.9. The minimum atomic E-state index is -3.72. The molecule has 168 valence electrons. The van der Waals surface area contributed by atoms with Crippen molar-refractivity contribution in [1.29, 1.82) is 0 Å². The van der Waals surface area contributed by atoms with Crippen molar-refractivity contribution >= 4 is 27.5 Å². The number of carbonyl (C=O) groups excluding carboxylic acids is 1. The third-order valence-corrected chi connectivity index (χ3v) is 7.07. The molecule has 1 aliphatic heterocycles. The van der Waals surface area contributed by atoms with Crippen LogP contribution in [0.4, 0.5) is 0 Å². The number of ether oxygens (including phenoxy) is 1. The number of pyridine rings is 1. The molecule has 3 atom stereocenters. The topological polar surface area (TPSA) is 118 Å². The molecule has 2 heterocycles. The van der Waals surface area contributed by atoms with Crippen LogP contribution < -0.4 is 10.0 Å². The first kappa shape index (κ1) is 23.6. The third-order valence-electron chi connectivity index (χ3n) is 5.11. The van der Waals surface area contributed by atoms with Gasteiger partial charge in [0.1, 0.15) is 11.0 Å². The van der Waals surface area contributed by atoms with Gasteiger partial charge in [0.05, 0.1) is 30.2 Å². The van der Waals surface area contributed by atoms with Gasteiger partial charge in [0.2, 0.25) is 15.9 Å². The van der Waals surface area contributed by atoms with Gasteiger partial charge in [-0.1, -0.05) is 29.8 Å². The molecule has 1 saturated heterocycles. The van der Waals surface area contributed by atoms with Crippen LogP contribution in [0, 0.1) is 0 Å². The van der Waals surface area contributed by atoms with E-state index in [1.807, 2.05) is 6.07 Å². The van der Waals surface area contributed by atoms with Crippen LogP contribution in [-0.2, 0) is 26.0 Å². The lowest BCUT2D eigenvalue weighted by Crippen LogP contribution is -2.51. The first-order valence-electron chi connectivity index (χ1n) is 10.1. The summed E-state index contributed by atoms with van der Waals surface area (Å²) in [5.74, 6) is -0.161. The standard InChI is InChI=1S/C21H26ClN3O5S/c22-17-5-1-2-6-20(17)31(28,29)24-11-9-16-7-8-18(19(14-26)30-16)25-21(27)12-15-4-3-10-23-13-15/h1-6,10,13,16,18-19,24,26H,7-9,11-12,14H2,(H,25,27)/t16-,18+,19+/m1/s1. The van der Waals surface area contributed by atoms with Crippen LogP contribution in [-0.4, -0.2) is 55.8 Å². The van der Waals surface area contributed by atoms with Gasteiger partial charge >= 0.3 is 0 Å². The minimum absolute atomic E-state index is 0.0332. The SMILES string of the molecule is O=C(Cc1cccnc1)N[C@H]1CC[C@H](CCNS(=O)(=O)c2ccccc2Cl)O[C@H]1CO. The number of carbonyl (C=O) groups is 1. The molecule has 3 rings (SSSR count). The van der Waals surface area contributed by atoms with E-state index in [-0.39, 0.29) is 47.5 Å². The van der Waals surface area contributed by atoms with E-state index in [2.05, 4.69) is 15.0 Å². The summed E-state index contributed by atoms with van der Waals surface area (Å²) in [6.07, 6.45) is 4.43. The number of amides is 1. The Morgan fingerprint density at radius 1 is 1.23 bits per heavy atom. The minimum Gasteiger partial charge on any atom is -0.394 e. The molecule has 31 heavy (non-hydrogen) atoms. The van der Waals surface area contributed by atoms with Crippen molar-refractivity contribution in [3.63, 3.8) is 0 Å². The molecule has 0 unspecified atom stereocenters. The maximum atomic E-state index is 12.4. The third kappa shape index (κ3) is 6.72. The van der Waals surface area contributed by atoms with Gasteiger partial charge in [0, 0.05) is 18.9 Å². The van der Waals surface area contributed by atoms with Gasteiger partial charge in [-0.15, -0.1) is 0 Å². The first-order valence-corrected chi connectivity index (χ1v) is 11.9. The van der Waals surface area contributed by atoms with E-state index in [4.69, 9.17) is 16.3 Å². The number of hydrogen-bond donors (Lipinski definition) is 3. The molecule has 0 bridgehead atoms. The van der Waals surface area contributed by atoms with Gasteiger partial charge < -0.3 is 15.2 Å². The van der Waals surface area contributed by atoms with Gasteiger partial charge in [-0.3, -0.25) is 9.78 Å². The van der Waals surface area contributed by atoms with E-state index in [0.717, 1.165) is 5.56 Å². The molecule has 1 aliphatic rings. The number of nitrogens with one attached hydrogen (secondary N) is 2. The summed E-state index contributed by atoms with van der Waals surface area (Å²) in [6.45, 7) is -0.0614. The number of sulfonamides is 1. The lowest BCUT2D eigenvalue weighted by atomic mass is 9.97. The molecule has 1 fully saturated rings. The molecule has 0 saturated carbocycles. The van der Waals surface area contributed by atoms with Gasteiger partial charge in [0.15, 0.2) is 0 Å². The highest BCUT2D eigenvalue weighted by molar-refractivity contribution is 7.89. The Hall–Kier alpha value is -2.04. The predicted octanol–water partition coefficient (Wildman–Crippen LogP) is 1.67. The largest absolute Gasteiger partial charge is 0.394 e. The van der Waals surface area contributed by atoms with Crippen molar-refractivity contribution in [2.75, 3.05) is 13.2 Å². The van der Waals surface area contributed by atoms with Crippen molar-refractivity contribution in [3.8, 4) is 0 Å². The second-order valence-corrected chi connectivity index (χ2v) is 9.53. The van der Waals surface area contributed by atoms with Crippen LogP contribution in [0.2, 0.25) is 5.02 Å². The highest BCUT2D eigenvalue weighted by atomic mass is 35.5. The van der Waals surface area contributed by atoms with E-state index >= 15 is 0 Å². The maximum absolute atomic E-state index is 12.4. The zero-order valence-corrected chi connectivity index (χ0v) is 18.5. The van der Waals surface area contributed by atoms with Crippen LogP contribution in [0.5, 0.6) is 0 Å². The van der Waals surface area contributed by atoms with E-state index < -0.39 is 16.1 Å². The van der Waals surface area contributed by atoms with Gasteiger partial charge in [0.25, 0.3) is 0 Å². The molecule has 2 aromatic rings. The Morgan fingerprint density at radius 2 is 2.03 bits per heavy atom. The Balaban J connectivity index is 1.47. The van der Waals surface area contributed by atoms with Gasteiger partial charge in [-0.25, -0.2) is 13.1 Å². The average Bonchev–Trinajstić information content (AvgIpc) is 2.75. The molecule has 0 aliphatic carbocycles. The molecule has 10 heteroatoms. The second kappa shape index (κ2) is 11.0. The fraction of sp³-hybridized carbons (Fsp3) is 0.429. The molecule has 8 nitrogen and oxygen atoms in total. The fourth-order valence-corrected chi connectivity index (χ4v) is 5.11. The number of halogens is 1. The Kier molecular flexibility index (Phi) is 8.39. The number of nitrogens with zero attached hydrogens (tertiary/aromatic N) is 1. The quantitative estimate of drug-likeness (QED) is 0.516. The number of benzene rings is 1. The van der Waals surface area contributed by atoms with E-state index in [1.54, 1.807) is 30.6 Å². The maximum Gasteiger partial charge on any atom is 0.242 e. The van der Waals surface area contributed by atoms with Crippen LogP contribution in [0.15, 0.2) is 53.7 Å². The van der Waals surface area contributed by atoms with Crippen molar-refractivity contribution < 1.29 is 23.1 Å². The summed E-state index contributed by atoms with van der Waals surface area (Å²) in [5.41, 5.74) is 0.806. The molecule has 1 amide bonds. The zero-order chi connectivity index (χ0) is 22.3. The number of hydrogen-bond acceptors (Lipinski definition) is 6. The molecule has 0 radical (unpaired) electrons. The number of aliphatic hydroxyl groups excluding tert-OH is 1. The molecule has 0 spiro atoms. The second-order valence-electron chi connectivity index (χ2n) is 7.39. The predicted molar refractivity (Wildman–Crippen MR) is 116 cm³/mol. The summed E-state index contributed by atoms with van der Waals surface area (Å²) in [6, 6.07) is 9.54. The van der Waals surface area contributed by atoms with Crippen LogP contribution in [0.3, 0.4) is 0 Å². The Labute approximate surface area is 187 Å². The van der Waals surface area contributed by atoms with Gasteiger partial charge in [-0.05, 0) is 43.0 Å². The van der Waals surface area contributed by atoms with Crippen molar-refractivity contribution in [3.05, 3.63) is 59.4 Å². The van der Waals surface area contributed by atoms with E-state index in [1.165, 1.54) is 12.1 Å². The highest BCUT2D eigenvalue weighted by Gasteiger charge is 2.32. The Bertz CT molecular complexity index is 974. The molecule has 1 aromatic carbocycles. The van der Waals surface area contributed by atoms with Crippen molar-refractivity contribution in [2.24, 2.45) is 0 Å². The summed E-state index contributed by atoms with van der Waals surface area (Å²) in [4.78, 5) is 16.3. The molecule has 3 N–H and O–H groups in total. The van der Waals surface area contributed by atoms with E-state index in [9.17, 15) is 18.3 Å². The molecule has 1 aromatic heterocycles. The lowest BCUT2D eigenvalue weighted by molar-refractivity contribution is -0.127. The highest BCUT2D eigenvalue weighted by Crippen LogP contribution is 2.23. The van der Waals surface area contributed by atoms with Crippen LogP contribution in [0.25, 0.3) is 0 Å². The summed E-state index contributed by atoms with van der Waals surface area (Å²) in [7, 11) is -3.72. The lowest BCUT2D eigenvalue weighted by Gasteiger charge is -2.36. The van der Waals surface area contributed by atoms with Crippen LogP contribution >= 0.6 is 11.6 Å². The normalized spacial score (nSPS) is 21.5. The van der Waals surface area contributed by atoms with E-state index in [0.29, 0.717) is 19.3 Å². The molecular weight excluding hydrogens is 442 g/mol. The van der Waals surface area contributed by atoms with Crippen molar-refractivity contribution in [1.82, 2.24) is 15.0 Å². The summed E-state index contributed by atoms with van der Waals surface area (Å²) in [5, 5.41) is 12.8.